The molecule has 0 bridgehead atoms. The monoisotopic (exact) mass is 474 g/mol. The fourth-order valence-electron chi connectivity index (χ4n) is 4.00. The second-order valence-electron chi connectivity index (χ2n) is 7.80. The van der Waals surface area contributed by atoms with Crippen LogP contribution in [0.4, 0.5) is 24.7 Å². The molecule has 0 radical (unpaired) electrons. The van der Waals surface area contributed by atoms with Crippen molar-refractivity contribution in [2.45, 2.75) is 13.1 Å². The van der Waals surface area contributed by atoms with Gasteiger partial charge in [0.2, 0.25) is 0 Å². The Morgan fingerprint density at radius 2 is 1.69 bits per heavy atom. The van der Waals surface area contributed by atoms with E-state index in [1.807, 2.05) is 61.5 Å². The third-order valence-corrected chi connectivity index (χ3v) is 5.56. The number of rotatable bonds is 6. The van der Waals surface area contributed by atoms with E-state index in [0.717, 1.165) is 28.9 Å². The number of nitrogens with zero attached hydrogens (tertiary/aromatic N) is 3. The average molecular weight is 474 g/mol. The van der Waals surface area contributed by atoms with E-state index in [4.69, 9.17) is 4.74 Å². The zero-order valence-electron chi connectivity index (χ0n) is 18.8. The highest BCUT2D eigenvalue weighted by molar-refractivity contribution is 6.03. The van der Waals surface area contributed by atoms with Crippen LogP contribution in [0, 0.1) is 0 Å². The summed E-state index contributed by atoms with van der Waals surface area (Å²) < 4.78 is 47.7. The van der Waals surface area contributed by atoms with Crippen LogP contribution >= 0.6 is 0 Å². The highest BCUT2D eigenvalue weighted by Crippen LogP contribution is 2.38. The molecule has 176 valence electrons. The molecule has 5 nitrogen and oxygen atoms in total. The van der Waals surface area contributed by atoms with Crippen molar-refractivity contribution in [3.05, 3.63) is 97.0 Å². The number of alkyl halides is 3. The Bertz CT molecular complexity index is 1480. The van der Waals surface area contributed by atoms with E-state index in [1.54, 1.807) is 16.8 Å². The fraction of sp³-hybridized carbons (Fsp3) is 0.111. The van der Waals surface area contributed by atoms with Gasteiger partial charge in [0.1, 0.15) is 17.9 Å². The summed E-state index contributed by atoms with van der Waals surface area (Å²) in [6.45, 7) is 2.40. The minimum Gasteiger partial charge on any atom is -0.492 e. The standard InChI is InChI=1S/C27H21F3N4O/c1-2-35-23-14-7-6-13-22(23)33-25-24-21(18-9-4-3-5-10-18)16-34(26(24)32-17-31-25)20-12-8-11-19(15-20)27(28,29)30/h3-17H,2H2,1H3,(H,31,32,33). The number of anilines is 2. The van der Waals surface area contributed by atoms with Gasteiger partial charge in [-0.15, -0.1) is 0 Å². The third-order valence-electron chi connectivity index (χ3n) is 5.56. The first-order valence-electron chi connectivity index (χ1n) is 11.0. The predicted octanol–water partition coefficient (Wildman–Crippen LogP) is 7.25. The topological polar surface area (TPSA) is 52.0 Å². The highest BCUT2D eigenvalue weighted by atomic mass is 19.4. The summed E-state index contributed by atoms with van der Waals surface area (Å²) in [5, 5.41) is 4.02. The number of ether oxygens (including phenoxy) is 1. The van der Waals surface area contributed by atoms with E-state index < -0.39 is 11.7 Å². The minimum absolute atomic E-state index is 0.353. The molecule has 0 unspecified atom stereocenters. The van der Waals surface area contributed by atoms with Crippen LogP contribution in [0.25, 0.3) is 27.8 Å². The molecule has 3 aromatic carbocycles. The van der Waals surface area contributed by atoms with Crippen molar-refractivity contribution < 1.29 is 17.9 Å². The Labute approximate surface area is 199 Å². The number of nitrogens with one attached hydrogen (secondary N) is 1. The van der Waals surface area contributed by atoms with E-state index in [1.165, 1.54) is 12.4 Å². The Morgan fingerprint density at radius 3 is 2.46 bits per heavy atom. The predicted molar refractivity (Wildman–Crippen MR) is 130 cm³/mol. The molecule has 0 aliphatic rings. The van der Waals surface area contributed by atoms with Crippen LogP contribution in [-0.2, 0) is 6.18 Å². The van der Waals surface area contributed by atoms with Gasteiger partial charge in [-0.25, -0.2) is 9.97 Å². The van der Waals surface area contributed by atoms with Crippen molar-refractivity contribution in [2.75, 3.05) is 11.9 Å². The second-order valence-corrected chi connectivity index (χ2v) is 7.80. The van der Waals surface area contributed by atoms with Gasteiger partial charge in [0.25, 0.3) is 0 Å². The Balaban J connectivity index is 1.72. The van der Waals surface area contributed by atoms with Crippen molar-refractivity contribution in [2.24, 2.45) is 0 Å². The van der Waals surface area contributed by atoms with Crippen molar-refractivity contribution in [1.29, 1.82) is 0 Å². The van der Waals surface area contributed by atoms with Gasteiger partial charge in [-0.1, -0.05) is 48.5 Å². The fourth-order valence-corrected chi connectivity index (χ4v) is 4.00. The molecule has 0 aliphatic carbocycles. The van der Waals surface area contributed by atoms with Gasteiger partial charge in [0, 0.05) is 17.4 Å². The Hall–Kier alpha value is -4.33. The number of para-hydroxylation sites is 2. The zero-order chi connectivity index (χ0) is 24.4. The maximum atomic E-state index is 13.4. The van der Waals surface area contributed by atoms with Crippen LogP contribution in [0.3, 0.4) is 0 Å². The number of fused-ring (bicyclic) bond motifs is 1. The number of halogens is 3. The van der Waals surface area contributed by atoms with Crippen LogP contribution in [0.1, 0.15) is 12.5 Å². The largest absolute Gasteiger partial charge is 0.492 e. The van der Waals surface area contributed by atoms with Crippen LogP contribution in [0.2, 0.25) is 0 Å². The number of hydrogen-bond acceptors (Lipinski definition) is 4. The quantitative estimate of drug-likeness (QED) is 0.282. The Kier molecular flexibility index (Phi) is 5.86. The summed E-state index contributed by atoms with van der Waals surface area (Å²) in [7, 11) is 0. The average Bonchev–Trinajstić information content (AvgIpc) is 3.26. The maximum absolute atomic E-state index is 13.4. The van der Waals surface area contributed by atoms with Gasteiger partial charge in [-0.2, -0.15) is 13.2 Å². The lowest BCUT2D eigenvalue weighted by Gasteiger charge is -2.13. The highest BCUT2D eigenvalue weighted by Gasteiger charge is 2.31. The van der Waals surface area contributed by atoms with E-state index in [0.29, 0.717) is 34.9 Å². The summed E-state index contributed by atoms with van der Waals surface area (Å²) in [6.07, 6.45) is -1.26. The number of hydrogen-bond donors (Lipinski definition) is 1. The van der Waals surface area contributed by atoms with Crippen molar-refractivity contribution >= 4 is 22.5 Å². The maximum Gasteiger partial charge on any atom is 0.416 e. The van der Waals surface area contributed by atoms with Gasteiger partial charge in [0.05, 0.1) is 23.2 Å². The molecular weight excluding hydrogens is 453 g/mol. The SMILES string of the molecule is CCOc1ccccc1Nc1ncnc2c1c(-c1ccccc1)cn2-c1cccc(C(F)(F)F)c1. The normalized spacial score (nSPS) is 11.5. The molecule has 5 rings (SSSR count). The van der Waals surface area contributed by atoms with Crippen molar-refractivity contribution in [1.82, 2.24) is 14.5 Å². The molecule has 0 spiro atoms. The smallest absolute Gasteiger partial charge is 0.416 e. The van der Waals surface area contributed by atoms with E-state index in [2.05, 4.69) is 15.3 Å². The van der Waals surface area contributed by atoms with E-state index in [-0.39, 0.29) is 0 Å². The lowest BCUT2D eigenvalue weighted by atomic mass is 10.1. The van der Waals surface area contributed by atoms with E-state index >= 15 is 0 Å². The lowest BCUT2D eigenvalue weighted by molar-refractivity contribution is -0.137. The van der Waals surface area contributed by atoms with Gasteiger partial charge in [0.15, 0.2) is 5.65 Å². The molecule has 0 saturated heterocycles. The summed E-state index contributed by atoms with van der Waals surface area (Å²) in [4.78, 5) is 8.94. The molecule has 0 atom stereocenters. The van der Waals surface area contributed by atoms with E-state index in [9.17, 15) is 13.2 Å². The molecule has 35 heavy (non-hydrogen) atoms. The van der Waals surface area contributed by atoms with Gasteiger partial charge in [-0.05, 0) is 42.8 Å². The molecule has 2 heterocycles. The third kappa shape index (κ3) is 4.42. The first-order valence-corrected chi connectivity index (χ1v) is 11.0. The van der Waals surface area contributed by atoms with Crippen LogP contribution in [0.15, 0.2) is 91.4 Å². The first kappa shape index (κ1) is 22.5. The first-order chi connectivity index (χ1) is 17.0. The molecule has 2 aromatic heterocycles. The van der Waals surface area contributed by atoms with Crippen LogP contribution < -0.4 is 10.1 Å². The molecule has 0 saturated carbocycles. The summed E-state index contributed by atoms with van der Waals surface area (Å²) in [5.74, 6) is 1.19. The summed E-state index contributed by atoms with van der Waals surface area (Å²) >= 11 is 0. The zero-order valence-corrected chi connectivity index (χ0v) is 18.8. The van der Waals surface area contributed by atoms with Crippen molar-refractivity contribution in [3.63, 3.8) is 0 Å². The number of aromatic nitrogens is 3. The van der Waals surface area contributed by atoms with Crippen LogP contribution in [0.5, 0.6) is 5.75 Å². The van der Waals surface area contributed by atoms with Gasteiger partial charge >= 0.3 is 6.18 Å². The molecule has 5 aromatic rings. The minimum atomic E-state index is -4.45. The molecule has 8 heteroatoms. The Morgan fingerprint density at radius 1 is 0.914 bits per heavy atom. The second kappa shape index (κ2) is 9.13. The molecule has 0 fully saturated rings. The van der Waals surface area contributed by atoms with Gasteiger partial charge < -0.3 is 14.6 Å². The lowest BCUT2D eigenvalue weighted by Crippen LogP contribution is -2.06. The molecule has 0 amide bonds. The molecule has 0 aliphatic heterocycles. The molecule has 1 N–H and O–H groups in total. The van der Waals surface area contributed by atoms with Crippen molar-refractivity contribution in [3.8, 4) is 22.6 Å². The number of benzene rings is 3. The van der Waals surface area contributed by atoms with Gasteiger partial charge in [-0.3, -0.25) is 0 Å². The van der Waals surface area contributed by atoms with Crippen LogP contribution in [-0.4, -0.2) is 21.1 Å². The summed E-state index contributed by atoms with van der Waals surface area (Å²) in [5.41, 5.74) is 2.51. The molecular formula is C27H21F3N4O. The summed E-state index contributed by atoms with van der Waals surface area (Å²) in [6, 6.07) is 22.3.